The lowest BCUT2D eigenvalue weighted by molar-refractivity contribution is 0.000774. The first-order valence-corrected chi connectivity index (χ1v) is 8.53. The molecule has 1 fully saturated rings. The van der Waals surface area contributed by atoms with E-state index in [9.17, 15) is 0 Å². The summed E-state index contributed by atoms with van der Waals surface area (Å²) < 4.78 is 22.0. The van der Waals surface area contributed by atoms with Crippen molar-refractivity contribution < 1.29 is 18.0 Å². The molecule has 25 heavy (non-hydrogen) atoms. The number of ether oxygens (including phenoxy) is 1. The highest BCUT2D eigenvalue weighted by Gasteiger charge is 2.20. The Kier molecular flexibility index (Phi) is 4.94. The van der Waals surface area contributed by atoms with Crippen LogP contribution in [-0.2, 0) is 24.4 Å². The summed E-state index contributed by atoms with van der Waals surface area (Å²) in [7, 11) is 0. The molecule has 132 valence electrons. The van der Waals surface area contributed by atoms with E-state index in [4.69, 9.17) is 18.0 Å². The van der Waals surface area contributed by atoms with E-state index in [-0.39, 0.29) is 6.10 Å². The van der Waals surface area contributed by atoms with Gasteiger partial charge in [0.1, 0.15) is 30.2 Å². The van der Waals surface area contributed by atoms with Gasteiger partial charge in [0.15, 0.2) is 12.8 Å². The minimum Gasteiger partial charge on any atom is -0.462 e. The molecule has 7 nitrogen and oxygen atoms in total. The Bertz CT molecular complexity index is 709. The molecule has 1 aliphatic heterocycles. The fourth-order valence-corrected chi connectivity index (χ4v) is 3.10. The molecule has 1 aliphatic rings. The molecule has 0 saturated carbocycles. The first-order chi connectivity index (χ1) is 12.4. The molecule has 0 aliphatic carbocycles. The first kappa shape index (κ1) is 16.1. The number of hydrogen-bond donors (Lipinski definition) is 0. The van der Waals surface area contributed by atoms with Crippen LogP contribution in [0.5, 0.6) is 0 Å². The predicted molar refractivity (Wildman–Crippen MR) is 87.2 cm³/mol. The maximum Gasteiger partial charge on any atom is 0.180 e. The number of aromatic nitrogens is 2. The van der Waals surface area contributed by atoms with Crippen LogP contribution in [0, 0.1) is 0 Å². The van der Waals surface area contributed by atoms with Crippen molar-refractivity contribution in [3.8, 4) is 0 Å². The van der Waals surface area contributed by atoms with Crippen molar-refractivity contribution in [2.75, 3.05) is 6.61 Å². The lowest BCUT2D eigenvalue weighted by Crippen LogP contribution is -2.22. The smallest absolute Gasteiger partial charge is 0.180 e. The van der Waals surface area contributed by atoms with Gasteiger partial charge in [-0.2, -0.15) is 0 Å². The van der Waals surface area contributed by atoms with Crippen molar-refractivity contribution in [3.05, 3.63) is 60.4 Å². The third-order valence-electron chi connectivity index (χ3n) is 4.30. The van der Waals surface area contributed by atoms with Gasteiger partial charge in [-0.25, -0.2) is 9.97 Å². The van der Waals surface area contributed by atoms with Crippen LogP contribution in [0.15, 0.2) is 50.7 Å². The Balaban J connectivity index is 1.44. The average molecular weight is 343 g/mol. The molecule has 1 atom stereocenters. The van der Waals surface area contributed by atoms with E-state index < -0.39 is 0 Å². The summed E-state index contributed by atoms with van der Waals surface area (Å²) in [6, 6.07) is 4.04. The van der Waals surface area contributed by atoms with Crippen molar-refractivity contribution in [1.29, 1.82) is 0 Å². The second-order valence-corrected chi connectivity index (χ2v) is 6.26. The highest BCUT2D eigenvalue weighted by molar-refractivity contribution is 5.10. The summed E-state index contributed by atoms with van der Waals surface area (Å²) >= 11 is 0. The number of nitrogens with zero attached hydrogens (tertiary/aromatic N) is 3. The summed E-state index contributed by atoms with van der Waals surface area (Å²) in [6.45, 7) is 2.73. The molecular formula is C18H21N3O4. The molecule has 0 bridgehead atoms. The Morgan fingerprint density at radius 2 is 1.72 bits per heavy atom. The maximum atomic E-state index is 6.04. The molecule has 7 heteroatoms. The van der Waals surface area contributed by atoms with Gasteiger partial charge in [0.05, 0.1) is 17.9 Å². The SMILES string of the molecule is c1nc(CN(Cc2cocn2)Cc2ccc([C@H]3CCCCO3)o2)co1. The standard InChI is InChI=1S/C18H21N3O4/c1-2-6-24-17(3-1)18-5-4-16(25-18)9-21(7-14-10-22-12-19-14)8-15-11-23-13-20-15/h4-5,10-13,17H,1-3,6-9H2/t17-/m1/s1. The Labute approximate surface area is 145 Å². The molecule has 0 unspecified atom stereocenters. The monoisotopic (exact) mass is 343 g/mol. The van der Waals surface area contributed by atoms with Gasteiger partial charge in [0, 0.05) is 19.7 Å². The third kappa shape index (κ3) is 4.18. The van der Waals surface area contributed by atoms with Gasteiger partial charge < -0.3 is 18.0 Å². The molecule has 4 rings (SSSR count). The van der Waals surface area contributed by atoms with Crippen LogP contribution in [0.2, 0.25) is 0 Å². The van der Waals surface area contributed by atoms with Crippen LogP contribution in [0.3, 0.4) is 0 Å². The van der Waals surface area contributed by atoms with Gasteiger partial charge in [0.25, 0.3) is 0 Å². The maximum absolute atomic E-state index is 6.04. The van der Waals surface area contributed by atoms with Crippen molar-refractivity contribution in [2.24, 2.45) is 0 Å². The van der Waals surface area contributed by atoms with Crippen LogP contribution >= 0.6 is 0 Å². The van der Waals surface area contributed by atoms with Gasteiger partial charge in [-0.1, -0.05) is 0 Å². The Morgan fingerprint density at radius 3 is 2.32 bits per heavy atom. The zero-order valence-electron chi connectivity index (χ0n) is 14.0. The lowest BCUT2D eigenvalue weighted by Gasteiger charge is -2.21. The zero-order valence-corrected chi connectivity index (χ0v) is 14.0. The average Bonchev–Trinajstić information content (AvgIpc) is 3.38. The predicted octanol–water partition coefficient (Wildman–Crippen LogP) is 3.70. The third-order valence-corrected chi connectivity index (χ3v) is 4.30. The Hall–Kier alpha value is -2.38. The summed E-state index contributed by atoms with van der Waals surface area (Å²) in [4.78, 5) is 10.6. The van der Waals surface area contributed by atoms with Crippen molar-refractivity contribution >= 4 is 0 Å². The van der Waals surface area contributed by atoms with E-state index in [2.05, 4.69) is 14.9 Å². The molecule has 3 aromatic heterocycles. The van der Waals surface area contributed by atoms with Crippen LogP contribution < -0.4 is 0 Å². The quantitative estimate of drug-likeness (QED) is 0.647. The molecule has 3 aromatic rings. The first-order valence-electron chi connectivity index (χ1n) is 8.53. The minimum atomic E-state index is 0.0852. The number of hydrogen-bond acceptors (Lipinski definition) is 7. The van der Waals surface area contributed by atoms with Crippen LogP contribution in [-0.4, -0.2) is 21.5 Å². The normalized spacial score (nSPS) is 18.0. The van der Waals surface area contributed by atoms with Crippen LogP contribution in [0.4, 0.5) is 0 Å². The number of rotatable bonds is 7. The fourth-order valence-electron chi connectivity index (χ4n) is 3.10. The molecular weight excluding hydrogens is 322 g/mol. The molecule has 1 saturated heterocycles. The van der Waals surface area contributed by atoms with Gasteiger partial charge in [0.2, 0.25) is 0 Å². The van der Waals surface area contributed by atoms with E-state index in [1.165, 1.54) is 19.2 Å². The Morgan fingerprint density at radius 1 is 0.960 bits per heavy atom. The van der Waals surface area contributed by atoms with E-state index in [1.807, 2.05) is 12.1 Å². The number of oxazole rings is 2. The van der Waals surface area contributed by atoms with E-state index >= 15 is 0 Å². The van der Waals surface area contributed by atoms with Gasteiger partial charge >= 0.3 is 0 Å². The van der Waals surface area contributed by atoms with Gasteiger partial charge in [-0.05, 0) is 31.4 Å². The largest absolute Gasteiger partial charge is 0.462 e. The summed E-state index contributed by atoms with van der Waals surface area (Å²) in [5.41, 5.74) is 1.73. The fraction of sp³-hybridized carbons (Fsp3) is 0.444. The van der Waals surface area contributed by atoms with Crippen molar-refractivity contribution in [1.82, 2.24) is 14.9 Å². The zero-order chi connectivity index (χ0) is 16.9. The molecule has 4 heterocycles. The minimum absolute atomic E-state index is 0.0852. The highest BCUT2D eigenvalue weighted by Crippen LogP contribution is 2.29. The second kappa shape index (κ2) is 7.67. The molecule has 0 radical (unpaired) electrons. The topological polar surface area (TPSA) is 77.7 Å². The van der Waals surface area contributed by atoms with Gasteiger partial charge in [-0.15, -0.1) is 0 Å². The molecule has 0 aromatic carbocycles. The van der Waals surface area contributed by atoms with Crippen LogP contribution in [0.25, 0.3) is 0 Å². The van der Waals surface area contributed by atoms with Crippen molar-refractivity contribution in [2.45, 2.75) is 45.0 Å². The molecule has 0 N–H and O–H groups in total. The van der Waals surface area contributed by atoms with Crippen LogP contribution in [0.1, 0.15) is 48.3 Å². The second-order valence-electron chi connectivity index (χ2n) is 6.26. The highest BCUT2D eigenvalue weighted by atomic mass is 16.5. The lowest BCUT2D eigenvalue weighted by atomic mass is 10.1. The van der Waals surface area contributed by atoms with E-state index in [0.717, 1.165) is 42.4 Å². The summed E-state index contributed by atoms with van der Waals surface area (Å²) in [5.74, 6) is 1.81. The summed E-state index contributed by atoms with van der Waals surface area (Å²) in [6.07, 6.45) is 9.61. The van der Waals surface area contributed by atoms with Crippen molar-refractivity contribution in [3.63, 3.8) is 0 Å². The van der Waals surface area contributed by atoms with E-state index in [1.54, 1.807) is 12.5 Å². The summed E-state index contributed by atoms with van der Waals surface area (Å²) in [5, 5.41) is 0. The molecule has 0 amide bonds. The molecule has 0 spiro atoms. The number of furan rings is 1. The van der Waals surface area contributed by atoms with Gasteiger partial charge in [-0.3, -0.25) is 4.90 Å². The van der Waals surface area contributed by atoms with E-state index in [0.29, 0.717) is 19.6 Å².